The summed E-state index contributed by atoms with van der Waals surface area (Å²) in [5, 5.41) is 8.60. The molecule has 3 N–H and O–H groups in total. The molecule has 1 amide bonds. The summed E-state index contributed by atoms with van der Waals surface area (Å²) >= 11 is 0. The van der Waals surface area contributed by atoms with Crippen LogP contribution in [0.2, 0.25) is 0 Å². The van der Waals surface area contributed by atoms with Crippen LogP contribution in [-0.4, -0.2) is 27.0 Å². The molecule has 0 saturated carbocycles. The van der Waals surface area contributed by atoms with Crippen molar-refractivity contribution in [1.82, 2.24) is 15.4 Å². The van der Waals surface area contributed by atoms with Gasteiger partial charge in [0.1, 0.15) is 6.42 Å². The van der Waals surface area contributed by atoms with Gasteiger partial charge in [0.2, 0.25) is 5.91 Å². The first-order valence-corrected chi connectivity index (χ1v) is 7.63. The van der Waals surface area contributed by atoms with Gasteiger partial charge in [-0.05, 0) is 12.3 Å². The van der Waals surface area contributed by atoms with Crippen molar-refractivity contribution in [3.05, 3.63) is 42.2 Å². The highest BCUT2D eigenvalue weighted by Crippen LogP contribution is 2.21. The highest BCUT2D eigenvalue weighted by atomic mass is 16.4. The number of hydrazine groups is 1. The quantitative estimate of drug-likeness (QED) is 0.532. The van der Waals surface area contributed by atoms with E-state index in [2.05, 4.69) is 34.7 Å². The van der Waals surface area contributed by atoms with E-state index in [4.69, 9.17) is 5.11 Å². The van der Waals surface area contributed by atoms with Gasteiger partial charge in [0.05, 0.1) is 17.6 Å². The van der Waals surface area contributed by atoms with Crippen LogP contribution in [0.25, 0.3) is 11.3 Å². The van der Waals surface area contributed by atoms with Crippen LogP contribution in [0.3, 0.4) is 0 Å². The minimum atomic E-state index is -1.19. The maximum absolute atomic E-state index is 11.4. The lowest BCUT2D eigenvalue weighted by Crippen LogP contribution is -2.32. The van der Waals surface area contributed by atoms with Crippen LogP contribution in [0.1, 0.15) is 26.0 Å². The zero-order valence-corrected chi connectivity index (χ0v) is 13.6. The van der Waals surface area contributed by atoms with Gasteiger partial charge >= 0.3 is 5.97 Å². The van der Waals surface area contributed by atoms with Crippen molar-refractivity contribution in [3.8, 4) is 11.3 Å². The molecule has 126 valence electrons. The smallest absolute Gasteiger partial charge is 0.312 e. The van der Waals surface area contributed by atoms with Gasteiger partial charge in [0.15, 0.2) is 5.82 Å². The molecule has 2 aromatic rings. The van der Waals surface area contributed by atoms with Crippen molar-refractivity contribution < 1.29 is 14.7 Å². The van der Waals surface area contributed by atoms with Gasteiger partial charge in [0, 0.05) is 5.56 Å². The number of carbonyl (C=O) groups excluding carboxylic acids is 1. The summed E-state index contributed by atoms with van der Waals surface area (Å²) in [6.07, 6.45) is 1.68. The standard InChI is InChI=1S/C17H20N4O3/c1-11(2)8-13-17(21-20-15(22)9-16(23)24)18-10-14(19-13)12-6-4-3-5-7-12/h3-7,10-11H,8-9H2,1-2H3,(H,18,21)(H,20,22)(H,23,24). The second-order valence-corrected chi connectivity index (χ2v) is 5.76. The summed E-state index contributed by atoms with van der Waals surface area (Å²) in [4.78, 5) is 30.9. The van der Waals surface area contributed by atoms with Crippen molar-refractivity contribution >= 4 is 17.7 Å². The molecule has 0 aliphatic rings. The molecule has 24 heavy (non-hydrogen) atoms. The molecule has 7 heteroatoms. The second-order valence-electron chi connectivity index (χ2n) is 5.76. The van der Waals surface area contributed by atoms with E-state index >= 15 is 0 Å². The van der Waals surface area contributed by atoms with Crippen molar-refractivity contribution in [2.45, 2.75) is 26.7 Å². The average molecular weight is 328 g/mol. The maximum atomic E-state index is 11.4. The zero-order chi connectivity index (χ0) is 17.5. The Morgan fingerprint density at radius 2 is 1.92 bits per heavy atom. The van der Waals surface area contributed by atoms with Crippen molar-refractivity contribution in [1.29, 1.82) is 0 Å². The first-order valence-electron chi connectivity index (χ1n) is 7.63. The van der Waals surface area contributed by atoms with Gasteiger partial charge < -0.3 is 5.11 Å². The number of aliphatic carboxylic acids is 1. The van der Waals surface area contributed by atoms with E-state index in [1.807, 2.05) is 30.3 Å². The first kappa shape index (κ1) is 17.4. The van der Waals surface area contributed by atoms with Crippen LogP contribution in [0.15, 0.2) is 36.5 Å². The molecule has 0 radical (unpaired) electrons. The summed E-state index contributed by atoms with van der Waals surface area (Å²) in [6, 6.07) is 9.69. The fourth-order valence-electron chi connectivity index (χ4n) is 2.12. The number of hydrogen-bond donors (Lipinski definition) is 3. The highest BCUT2D eigenvalue weighted by Gasteiger charge is 2.13. The number of carboxylic acid groups (broad SMARTS) is 1. The summed E-state index contributed by atoms with van der Waals surface area (Å²) in [5.74, 6) is -1.07. The molecule has 0 fully saturated rings. The van der Waals surface area contributed by atoms with Crippen LogP contribution in [0, 0.1) is 5.92 Å². The molecule has 0 bridgehead atoms. The molecule has 2 rings (SSSR count). The highest BCUT2D eigenvalue weighted by molar-refractivity contribution is 5.93. The predicted octanol–water partition coefficient (Wildman–Crippen LogP) is 2.26. The van der Waals surface area contributed by atoms with Crippen LogP contribution in [0.4, 0.5) is 5.82 Å². The molecule has 1 aromatic heterocycles. The number of carbonyl (C=O) groups is 2. The Morgan fingerprint density at radius 1 is 1.21 bits per heavy atom. The van der Waals surface area contributed by atoms with Crippen molar-refractivity contribution in [2.75, 3.05) is 5.43 Å². The van der Waals surface area contributed by atoms with Crippen LogP contribution in [-0.2, 0) is 16.0 Å². The number of nitrogens with one attached hydrogen (secondary N) is 2. The molecule has 0 spiro atoms. The van der Waals surface area contributed by atoms with Gasteiger partial charge in [0.25, 0.3) is 0 Å². The summed E-state index contributed by atoms with van der Waals surface area (Å²) < 4.78 is 0. The minimum absolute atomic E-state index is 0.348. The van der Waals surface area contributed by atoms with E-state index in [9.17, 15) is 9.59 Å². The Labute approximate surface area is 140 Å². The largest absolute Gasteiger partial charge is 0.481 e. The molecule has 0 aliphatic carbocycles. The first-order chi connectivity index (χ1) is 11.5. The Kier molecular flexibility index (Phi) is 5.83. The third kappa shape index (κ3) is 5.05. The van der Waals surface area contributed by atoms with Crippen molar-refractivity contribution in [3.63, 3.8) is 0 Å². The van der Waals surface area contributed by atoms with E-state index in [-0.39, 0.29) is 0 Å². The number of anilines is 1. The average Bonchev–Trinajstić information content (AvgIpc) is 2.53. The summed E-state index contributed by atoms with van der Waals surface area (Å²) in [7, 11) is 0. The molecule has 1 heterocycles. The molecule has 0 atom stereocenters. The van der Waals surface area contributed by atoms with Gasteiger partial charge in [-0.15, -0.1) is 0 Å². The van der Waals surface area contributed by atoms with Crippen LogP contribution in [0.5, 0.6) is 0 Å². The van der Waals surface area contributed by atoms with Gasteiger partial charge in [-0.25, -0.2) is 9.97 Å². The molecular weight excluding hydrogens is 308 g/mol. The lowest BCUT2D eigenvalue weighted by Gasteiger charge is -2.14. The number of benzene rings is 1. The van der Waals surface area contributed by atoms with E-state index < -0.39 is 18.3 Å². The zero-order valence-electron chi connectivity index (χ0n) is 13.6. The van der Waals surface area contributed by atoms with Gasteiger partial charge in [-0.3, -0.25) is 20.4 Å². The van der Waals surface area contributed by atoms with Gasteiger partial charge in [-0.1, -0.05) is 44.2 Å². The lowest BCUT2D eigenvalue weighted by molar-refractivity contribution is -0.140. The topological polar surface area (TPSA) is 104 Å². The molecule has 0 saturated heterocycles. The van der Waals surface area contributed by atoms with Crippen LogP contribution < -0.4 is 10.9 Å². The minimum Gasteiger partial charge on any atom is -0.481 e. The Balaban J connectivity index is 2.21. The third-order valence-corrected chi connectivity index (χ3v) is 3.15. The third-order valence-electron chi connectivity index (χ3n) is 3.15. The van der Waals surface area contributed by atoms with E-state index in [0.29, 0.717) is 23.9 Å². The lowest BCUT2D eigenvalue weighted by atomic mass is 10.1. The van der Waals surface area contributed by atoms with E-state index in [1.54, 1.807) is 6.20 Å². The second kappa shape index (κ2) is 8.05. The predicted molar refractivity (Wildman–Crippen MR) is 90.0 cm³/mol. The van der Waals surface area contributed by atoms with E-state index in [0.717, 1.165) is 11.3 Å². The fraction of sp³-hybridized carbons (Fsp3) is 0.294. The maximum Gasteiger partial charge on any atom is 0.312 e. The Hall–Kier alpha value is -2.96. The monoisotopic (exact) mass is 328 g/mol. The van der Waals surface area contributed by atoms with Crippen molar-refractivity contribution in [2.24, 2.45) is 5.92 Å². The van der Waals surface area contributed by atoms with Gasteiger partial charge in [-0.2, -0.15) is 0 Å². The van der Waals surface area contributed by atoms with Crippen LogP contribution >= 0.6 is 0 Å². The number of rotatable bonds is 7. The molecule has 1 aromatic carbocycles. The summed E-state index contributed by atoms with van der Waals surface area (Å²) in [6.45, 7) is 4.12. The SMILES string of the molecule is CC(C)Cc1nc(-c2ccccc2)cnc1NNC(=O)CC(=O)O. The molecule has 7 nitrogen and oxygen atoms in total. The number of aromatic nitrogens is 2. The number of amides is 1. The summed E-state index contributed by atoms with van der Waals surface area (Å²) in [5.41, 5.74) is 7.41. The Morgan fingerprint density at radius 3 is 2.54 bits per heavy atom. The number of nitrogens with zero attached hydrogens (tertiary/aromatic N) is 2. The number of hydrogen-bond acceptors (Lipinski definition) is 5. The normalized spacial score (nSPS) is 10.5. The molecular formula is C17H20N4O3. The number of carboxylic acids is 1. The molecule has 0 unspecified atom stereocenters. The Bertz CT molecular complexity index is 717. The molecule has 0 aliphatic heterocycles. The van der Waals surface area contributed by atoms with E-state index in [1.165, 1.54) is 0 Å². The fourth-order valence-corrected chi connectivity index (χ4v) is 2.12.